The van der Waals surface area contributed by atoms with E-state index >= 15 is 0 Å². The van der Waals surface area contributed by atoms with Gasteiger partial charge in [0, 0.05) is 10.9 Å². The van der Waals surface area contributed by atoms with Crippen molar-refractivity contribution >= 4 is 16.9 Å². The minimum Gasteiger partial charge on any atom is -0.478 e. The molecule has 1 heterocycles. The number of hydrogen-bond donors (Lipinski definition) is 1. The summed E-state index contributed by atoms with van der Waals surface area (Å²) in [5.74, 6) is -1.18. The number of aromatic nitrogens is 1. The molecule has 1 aromatic heterocycles. The number of carboxylic acid groups (broad SMARTS) is 1. The quantitative estimate of drug-likeness (QED) is 0.750. The van der Waals surface area contributed by atoms with E-state index < -0.39 is 17.7 Å². The molecule has 0 saturated heterocycles. The maximum atomic E-state index is 13.1. The largest absolute Gasteiger partial charge is 0.478 e. The third kappa shape index (κ3) is 2.75. The number of nitrogens with zero attached hydrogens (tertiary/aromatic N) is 1. The van der Waals surface area contributed by atoms with E-state index in [0.717, 1.165) is 6.07 Å². The third-order valence-electron chi connectivity index (χ3n) is 3.46. The molecule has 1 N–H and O–H groups in total. The van der Waals surface area contributed by atoms with Crippen molar-refractivity contribution in [3.05, 3.63) is 65.7 Å². The fraction of sp³-hybridized carbons (Fsp3) is 0.0588. The summed E-state index contributed by atoms with van der Waals surface area (Å²) in [6.07, 6.45) is -4.51. The number of carbonyl (C=O) groups is 1. The van der Waals surface area contributed by atoms with Crippen LogP contribution in [0.25, 0.3) is 22.2 Å². The standard InChI is InChI=1S/C17H10F3NO2/c18-17(19,20)13-7-2-1-5-11(13)14-9-8-10-4-3-6-12(16(22)23)15(10)21-14/h1-9H,(H,22,23). The van der Waals surface area contributed by atoms with Crippen molar-refractivity contribution in [3.63, 3.8) is 0 Å². The smallest absolute Gasteiger partial charge is 0.417 e. The Balaban J connectivity index is 2.27. The van der Waals surface area contributed by atoms with Gasteiger partial charge in [0.2, 0.25) is 0 Å². The average Bonchev–Trinajstić information content (AvgIpc) is 2.53. The fourth-order valence-electron chi connectivity index (χ4n) is 2.42. The van der Waals surface area contributed by atoms with Gasteiger partial charge in [0.05, 0.1) is 22.3 Å². The lowest BCUT2D eigenvalue weighted by molar-refractivity contribution is -0.137. The predicted molar refractivity (Wildman–Crippen MR) is 79.1 cm³/mol. The highest BCUT2D eigenvalue weighted by Gasteiger charge is 2.33. The number of alkyl halides is 3. The highest BCUT2D eigenvalue weighted by Crippen LogP contribution is 2.36. The molecule has 0 amide bonds. The molecule has 0 atom stereocenters. The van der Waals surface area contributed by atoms with Crippen LogP contribution in [0.15, 0.2) is 54.6 Å². The van der Waals surface area contributed by atoms with Crippen molar-refractivity contribution in [2.45, 2.75) is 6.18 Å². The van der Waals surface area contributed by atoms with E-state index in [1.165, 1.54) is 30.3 Å². The van der Waals surface area contributed by atoms with Gasteiger partial charge in [0.25, 0.3) is 0 Å². The molecule has 0 bridgehead atoms. The van der Waals surface area contributed by atoms with Crippen LogP contribution < -0.4 is 0 Å². The van der Waals surface area contributed by atoms with Crippen molar-refractivity contribution in [1.82, 2.24) is 4.98 Å². The number of halogens is 3. The van der Waals surface area contributed by atoms with Crippen LogP contribution >= 0.6 is 0 Å². The number of benzene rings is 2. The lowest BCUT2D eigenvalue weighted by Gasteiger charge is -2.13. The maximum absolute atomic E-state index is 13.1. The Morgan fingerprint density at radius 3 is 2.39 bits per heavy atom. The molecular formula is C17H10F3NO2. The third-order valence-corrected chi connectivity index (χ3v) is 3.46. The molecule has 3 rings (SSSR count). The molecule has 23 heavy (non-hydrogen) atoms. The molecule has 0 fully saturated rings. The zero-order valence-electron chi connectivity index (χ0n) is 11.6. The predicted octanol–water partition coefficient (Wildman–Crippen LogP) is 4.62. The van der Waals surface area contributed by atoms with Crippen LogP contribution in [0.4, 0.5) is 13.2 Å². The summed E-state index contributed by atoms with van der Waals surface area (Å²) in [5, 5.41) is 9.76. The van der Waals surface area contributed by atoms with E-state index in [-0.39, 0.29) is 22.3 Å². The zero-order chi connectivity index (χ0) is 16.6. The van der Waals surface area contributed by atoms with Crippen molar-refractivity contribution in [3.8, 4) is 11.3 Å². The van der Waals surface area contributed by atoms with Gasteiger partial charge in [-0.05, 0) is 18.2 Å². The first-order valence-corrected chi connectivity index (χ1v) is 6.67. The van der Waals surface area contributed by atoms with Gasteiger partial charge in [-0.3, -0.25) is 0 Å². The number of hydrogen-bond acceptors (Lipinski definition) is 2. The van der Waals surface area contributed by atoms with E-state index in [1.54, 1.807) is 18.2 Å². The molecule has 0 aliphatic heterocycles. The summed E-state index contributed by atoms with van der Waals surface area (Å²) in [6, 6.07) is 12.7. The van der Waals surface area contributed by atoms with Gasteiger partial charge in [-0.1, -0.05) is 36.4 Å². The summed E-state index contributed by atoms with van der Waals surface area (Å²) >= 11 is 0. The molecule has 0 saturated carbocycles. The summed E-state index contributed by atoms with van der Waals surface area (Å²) in [6.45, 7) is 0. The fourth-order valence-corrected chi connectivity index (χ4v) is 2.42. The Bertz CT molecular complexity index is 904. The average molecular weight is 317 g/mol. The lowest BCUT2D eigenvalue weighted by atomic mass is 10.0. The summed E-state index contributed by atoms with van der Waals surface area (Å²) in [7, 11) is 0. The van der Waals surface area contributed by atoms with Gasteiger partial charge in [0.15, 0.2) is 0 Å². The van der Waals surface area contributed by atoms with Gasteiger partial charge in [0.1, 0.15) is 0 Å². The van der Waals surface area contributed by atoms with Crippen LogP contribution in [0.2, 0.25) is 0 Å². The van der Waals surface area contributed by atoms with Gasteiger partial charge in [-0.25, -0.2) is 9.78 Å². The SMILES string of the molecule is O=C(O)c1cccc2ccc(-c3ccccc3C(F)(F)F)nc12. The highest BCUT2D eigenvalue weighted by molar-refractivity contribution is 6.02. The number of aromatic carboxylic acids is 1. The van der Waals surface area contributed by atoms with E-state index in [4.69, 9.17) is 0 Å². The van der Waals surface area contributed by atoms with Crippen molar-refractivity contribution in [2.24, 2.45) is 0 Å². The molecule has 3 nitrogen and oxygen atoms in total. The second-order valence-corrected chi connectivity index (χ2v) is 4.92. The second kappa shape index (κ2) is 5.39. The molecule has 2 aromatic carbocycles. The van der Waals surface area contributed by atoms with E-state index in [1.807, 2.05) is 0 Å². The number of rotatable bonds is 2. The minimum atomic E-state index is -4.51. The van der Waals surface area contributed by atoms with Crippen LogP contribution in [0.5, 0.6) is 0 Å². The Morgan fingerprint density at radius 2 is 1.70 bits per heavy atom. The second-order valence-electron chi connectivity index (χ2n) is 4.92. The Labute approximate surface area is 129 Å². The van der Waals surface area contributed by atoms with E-state index in [9.17, 15) is 23.1 Å². The number of carboxylic acids is 1. The van der Waals surface area contributed by atoms with E-state index in [2.05, 4.69) is 4.98 Å². The van der Waals surface area contributed by atoms with Crippen LogP contribution in [0, 0.1) is 0 Å². The minimum absolute atomic E-state index is 0.0474. The molecule has 0 radical (unpaired) electrons. The lowest BCUT2D eigenvalue weighted by Crippen LogP contribution is -2.07. The van der Waals surface area contributed by atoms with Gasteiger partial charge in [-0.2, -0.15) is 13.2 Å². The molecule has 0 aliphatic carbocycles. The first kappa shape index (κ1) is 15.0. The van der Waals surface area contributed by atoms with Gasteiger partial charge in [-0.15, -0.1) is 0 Å². The first-order valence-electron chi connectivity index (χ1n) is 6.67. The van der Waals surface area contributed by atoms with E-state index in [0.29, 0.717) is 5.39 Å². The Hall–Kier alpha value is -2.89. The van der Waals surface area contributed by atoms with Crippen molar-refractivity contribution < 1.29 is 23.1 Å². The van der Waals surface area contributed by atoms with Gasteiger partial charge < -0.3 is 5.11 Å². The maximum Gasteiger partial charge on any atom is 0.417 e. The highest BCUT2D eigenvalue weighted by atomic mass is 19.4. The normalized spacial score (nSPS) is 11.6. The van der Waals surface area contributed by atoms with Crippen molar-refractivity contribution in [1.29, 1.82) is 0 Å². The van der Waals surface area contributed by atoms with Crippen LogP contribution in [0.1, 0.15) is 15.9 Å². The van der Waals surface area contributed by atoms with Gasteiger partial charge >= 0.3 is 12.1 Å². The Kier molecular flexibility index (Phi) is 3.52. The number of pyridine rings is 1. The number of para-hydroxylation sites is 1. The van der Waals surface area contributed by atoms with Crippen LogP contribution in [0.3, 0.4) is 0 Å². The van der Waals surface area contributed by atoms with Crippen LogP contribution in [-0.4, -0.2) is 16.1 Å². The molecule has 0 aliphatic rings. The molecule has 3 aromatic rings. The summed E-state index contributed by atoms with van der Waals surface area (Å²) in [5.41, 5.74) is -0.691. The molecule has 6 heteroatoms. The topological polar surface area (TPSA) is 50.2 Å². The zero-order valence-corrected chi connectivity index (χ0v) is 11.6. The van der Waals surface area contributed by atoms with Crippen LogP contribution in [-0.2, 0) is 6.18 Å². The molecule has 116 valence electrons. The summed E-state index contributed by atoms with van der Waals surface area (Å²) < 4.78 is 39.4. The number of fused-ring (bicyclic) bond motifs is 1. The summed E-state index contributed by atoms with van der Waals surface area (Å²) in [4.78, 5) is 15.4. The first-order chi connectivity index (χ1) is 10.9. The monoisotopic (exact) mass is 317 g/mol. The molecule has 0 spiro atoms. The molecular weight excluding hydrogens is 307 g/mol. The van der Waals surface area contributed by atoms with Crippen molar-refractivity contribution in [2.75, 3.05) is 0 Å². The Morgan fingerprint density at radius 1 is 0.957 bits per heavy atom. The molecule has 0 unspecified atom stereocenters.